The molecule has 0 radical (unpaired) electrons. The van der Waals surface area contributed by atoms with Crippen molar-refractivity contribution in [3.8, 4) is 11.4 Å². The molecule has 2 aromatic rings. The van der Waals surface area contributed by atoms with Gasteiger partial charge in [0.25, 0.3) is 0 Å². The molecule has 0 saturated heterocycles. The van der Waals surface area contributed by atoms with E-state index in [0.29, 0.717) is 18.0 Å². The third-order valence-electron chi connectivity index (χ3n) is 3.17. The summed E-state index contributed by atoms with van der Waals surface area (Å²) in [7, 11) is 0. The van der Waals surface area contributed by atoms with E-state index in [1.807, 2.05) is 19.9 Å². The summed E-state index contributed by atoms with van der Waals surface area (Å²) >= 11 is 0. The summed E-state index contributed by atoms with van der Waals surface area (Å²) in [5.74, 6) is -0.249. The molecule has 20 heavy (non-hydrogen) atoms. The summed E-state index contributed by atoms with van der Waals surface area (Å²) in [6, 6.07) is 4.94. The third kappa shape index (κ3) is 2.61. The second-order valence-electron chi connectivity index (χ2n) is 4.52. The van der Waals surface area contributed by atoms with E-state index >= 15 is 0 Å². The molecule has 0 fully saturated rings. The Morgan fingerprint density at radius 1 is 1.20 bits per heavy atom. The van der Waals surface area contributed by atoms with Gasteiger partial charge in [0.15, 0.2) is 11.6 Å². The molecule has 2 N–H and O–H groups in total. The van der Waals surface area contributed by atoms with Crippen molar-refractivity contribution in [1.82, 2.24) is 9.78 Å². The SMILES string of the molecule is CCOc1cc(-n2nc(CC)cc2CC)c(N)cc1F. The van der Waals surface area contributed by atoms with Gasteiger partial charge < -0.3 is 10.5 Å². The van der Waals surface area contributed by atoms with Crippen LogP contribution >= 0.6 is 0 Å². The van der Waals surface area contributed by atoms with Crippen LogP contribution in [0.15, 0.2) is 18.2 Å². The first kappa shape index (κ1) is 14.4. The minimum atomic E-state index is -0.450. The van der Waals surface area contributed by atoms with Gasteiger partial charge in [-0.1, -0.05) is 13.8 Å². The second-order valence-corrected chi connectivity index (χ2v) is 4.52. The second kappa shape index (κ2) is 5.94. The summed E-state index contributed by atoms with van der Waals surface area (Å²) in [5, 5.41) is 4.52. The molecule has 0 aliphatic heterocycles. The molecule has 108 valence electrons. The highest BCUT2D eigenvalue weighted by molar-refractivity contribution is 5.61. The number of anilines is 1. The number of ether oxygens (including phenoxy) is 1. The first-order chi connectivity index (χ1) is 9.60. The Kier molecular flexibility index (Phi) is 4.27. The standard InChI is InChI=1S/C15H20FN3O/c1-4-10-7-11(5-2)19(18-10)14-9-15(20-6-3)12(16)8-13(14)17/h7-9H,4-6,17H2,1-3H3. The Morgan fingerprint density at radius 2 is 1.95 bits per heavy atom. The van der Waals surface area contributed by atoms with Gasteiger partial charge in [-0.3, -0.25) is 0 Å². The summed E-state index contributed by atoms with van der Waals surface area (Å²) < 4.78 is 20.8. The fraction of sp³-hybridized carbons (Fsp3) is 0.400. The van der Waals surface area contributed by atoms with Crippen LogP contribution in [0.1, 0.15) is 32.2 Å². The van der Waals surface area contributed by atoms with Crippen LogP contribution in [-0.2, 0) is 12.8 Å². The van der Waals surface area contributed by atoms with Crippen LogP contribution in [0.4, 0.5) is 10.1 Å². The quantitative estimate of drug-likeness (QED) is 0.854. The lowest BCUT2D eigenvalue weighted by Crippen LogP contribution is -2.07. The number of nitrogens with two attached hydrogens (primary N) is 1. The zero-order chi connectivity index (χ0) is 14.7. The Labute approximate surface area is 118 Å². The molecule has 0 aliphatic rings. The molecule has 0 saturated carbocycles. The smallest absolute Gasteiger partial charge is 0.167 e. The van der Waals surface area contributed by atoms with Gasteiger partial charge in [-0.25, -0.2) is 9.07 Å². The molecule has 5 heteroatoms. The zero-order valence-corrected chi connectivity index (χ0v) is 12.1. The Bertz CT molecular complexity index is 607. The topological polar surface area (TPSA) is 53.1 Å². The summed E-state index contributed by atoms with van der Waals surface area (Å²) in [6.07, 6.45) is 1.67. The largest absolute Gasteiger partial charge is 0.491 e. The van der Waals surface area contributed by atoms with Crippen LogP contribution in [0, 0.1) is 5.82 Å². The molecular formula is C15H20FN3O. The normalized spacial score (nSPS) is 10.8. The van der Waals surface area contributed by atoms with Gasteiger partial charge in [0, 0.05) is 17.8 Å². The van der Waals surface area contributed by atoms with Crippen LogP contribution < -0.4 is 10.5 Å². The van der Waals surface area contributed by atoms with Crippen LogP contribution in [0.5, 0.6) is 5.75 Å². The number of benzene rings is 1. The maximum absolute atomic E-state index is 13.8. The zero-order valence-electron chi connectivity index (χ0n) is 12.1. The predicted octanol–water partition coefficient (Wildman–Crippen LogP) is 3.12. The van der Waals surface area contributed by atoms with E-state index in [-0.39, 0.29) is 5.75 Å². The van der Waals surface area contributed by atoms with Crippen molar-refractivity contribution in [3.05, 3.63) is 35.4 Å². The van der Waals surface area contributed by atoms with Crippen LogP contribution in [-0.4, -0.2) is 16.4 Å². The van der Waals surface area contributed by atoms with E-state index in [1.54, 1.807) is 10.7 Å². The van der Waals surface area contributed by atoms with Gasteiger partial charge >= 0.3 is 0 Å². The molecule has 0 aliphatic carbocycles. The molecule has 4 nitrogen and oxygen atoms in total. The van der Waals surface area contributed by atoms with E-state index < -0.39 is 5.82 Å². The van der Waals surface area contributed by atoms with Crippen LogP contribution in [0.3, 0.4) is 0 Å². The van der Waals surface area contributed by atoms with Crippen LogP contribution in [0.2, 0.25) is 0 Å². The summed E-state index contributed by atoms with van der Waals surface area (Å²) in [4.78, 5) is 0. The van der Waals surface area contributed by atoms with E-state index in [2.05, 4.69) is 12.0 Å². The number of nitrogens with zero attached hydrogens (tertiary/aromatic N) is 2. The van der Waals surface area contributed by atoms with Gasteiger partial charge in [0.1, 0.15) is 0 Å². The van der Waals surface area contributed by atoms with Crippen molar-refractivity contribution < 1.29 is 9.13 Å². The highest BCUT2D eigenvalue weighted by Crippen LogP contribution is 2.28. The number of aryl methyl sites for hydroxylation is 2. The fourth-order valence-electron chi connectivity index (χ4n) is 2.12. The number of rotatable bonds is 5. The Hall–Kier alpha value is -2.04. The average molecular weight is 277 g/mol. The first-order valence-electron chi connectivity index (χ1n) is 6.90. The number of nitrogen functional groups attached to an aromatic ring is 1. The highest BCUT2D eigenvalue weighted by Gasteiger charge is 2.14. The molecule has 0 unspecified atom stereocenters. The van der Waals surface area contributed by atoms with Gasteiger partial charge in [-0.15, -0.1) is 0 Å². The molecule has 0 amide bonds. The molecule has 0 spiro atoms. The first-order valence-corrected chi connectivity index (χ1v) is 6.90. The molecule has 2 rings (SSSR count). The summed E-state index contributed by atoms with van der Waals surface area (Å²) in [6.45, 7) is 6.32. The van der Waals surface area contributed by atoms with Gasteiger partial charge in [0.05, 0.1) is 23.7 Å². The minimum absolute atomic E-state index is 0.201. The molecule has 0 atom stereocenters. The maximum atomic E-state index is 13.8. The molecular weight excluding hydrogens is 257 g/mol. The monoisotopic (exact) mass is 277 g/mol. The predicted molar refractivity (Wildman–Crippen MR) is 77.9 cm³/mol. The minimum Gasteiger partial charge on any atom is -0.491 e. The third-order valence-corrected chi connectivity index (χ3v) is 3.17. The van der Waals surface area contributed by atoms with Crippen molar-refractivity contribution in [2.75, 3.05) is 12.3 Å². The van der Waals surface area contributed by atoms with E-state index in [1.165, 1.54) is 6.07 Å². The number of hydrogen-bond donors (Lipinski definition) is 1. The van der Waals surface area contributed by atoms with Crippen molar-refractivity contribution >= 4 is 5.69 Å². The summed E-state index contributed by atoms with van der Waals surface area (Å²) in [5.41, 5.74) is 8.98. The number of aromatic nitrogens is 2. The lowest BCUT2D eigenvalue weighted by atomic mass is 10.2. The number of halogens is 1. The Morgan fingerprint density at radius 3 is 2.55 bits per heavy atom. The van der Waals surface area contributed by atoms with E-state index in [0.717, 1.165) is 24.2 Å². The number of hydrogen-bond acceptors (Lipinski definition) is 3. The van der Waals surface area contributed by atoms with Crippen molar-refractivity contribution in [2.45, 2.75) is 33.6 Å². The maximum Gasteiger partial charge on any atom is 0.167 e. The molecule has 0 bridgehead atoms. The van der Waals surface area contributed by atoms with Gasteiger partial charge in [0.2, 0.25) is 0 Å². The molecule has 1 heterocycles. The molecule has 1 aromatic heterocycles. The average Bonchev–Trinajstić information content (AvgIpc) is 2.85. The Balaban J connectivity index is 2.56. The van der Waals surface area contributed by atoms with Gasteiger partial charge in [-0.2, -0.15) is 5.10 Å². The van der Waals surface area contributed by atoms with Crippen molar-refractivity contribution in [3.63, 3.8) is 0 Å². The van der Waals surface area contributed by atoms with Crippen molar-refractivity contribution in [2.24, 2.45) is 0 Å². The highest BCUT2D eigenvalue weighted by atomic mass is 19.1. The molecule has 1 aromatic carbocycles. The lowest BCUT2D eigenvalue weighted by Gasteiger charge is -2.12. The van der Waals surface area contributed by atoms with E-state index in [4.69, 9.17) is 10.5 Å². The fourth-order valence-corrected chi connectivity index (χ4v) is 2.12. The van der Waals surface area contributed by atoms with E-state index in [9.17, 15) is 4.39 Å². The lowest BCUT2D eigenvalue weighted by molar-refractivity contribution is 0.321. The van der Waals surface area contributed by atoms with Gasteiger partial charge in [-0.05, 0) is 25.8 Å². The van der Waals surface area contributed by atoms with Crippen LogP contribution in [0.25, 0.3) is 5.69 Å². The van der Waals surface area contributed by atoms with Crippen molar-refractivity contribution in [1.29, 1.82) is 0 Å².